The molecule has 1 saturated carbocycles. The highest BCUT2D eigenvalue weighted by Gasteiger charge is 2.27. The summed E-state index contributed by atoms with van der Waals surface area (Å²) in [5.41, 5.74) is 0.213. The van der Waals surface area contributed by atoms with Crippen molar-refractivity contribution in [2.45, 2.75) is 45.0 Å². The maximum atomic E-state index is 13.3. The van der Waals surface area contributed by atoms with Crippen molar-refractivity contribution in [1.82, 2.24) is 0 Å². The number of hydrogen-bond acceptors (Lipinski definition) is 2. The Hall–Kier alpha value is -1.98. The van der Waals surface area contributed by atoms with Crippen LogP contribution in [0.4, 0.5) is 14.5 Å². The summed E-state index contributed by atoms with van der Waals surface area (Å²) in [6.07, 6.45) is 2.88. The van der Waals surface area contributed by atoms with E-state index >= 15 is 0 Å². The Balaban J connectivity index is 1.87. The summed E-state index contributed by atoms with van der Waals surface area (Å²) in [6.45, 7) is 0.814. The molecule has 1 fully saturated rings. The number of anilines is 1. The van der Waals surface area contributed by atoms with Crippen molar-refractivity contribution in [3.63, 3.8) is 0 Å². The first-order chi connectivity index (χ1) is 10.8. The zero-order chi connectivity index (χ0) is 17.0. The molecule has 1 amide bonds. The first kappa shape index (κ1) is 17.4. The average molecular weight is 325 g/mol. The van der Waals surface area contributed by atoms with Gasteiger partial charge in [-0.15, -0.1) is 0 Å². The predicted molar refractivity (Wildman–Crippen MR) is 82.3 cm³/mol. The maximum Gasteiger partial charge on any atom is 0.306 e. The van der Waals surface area contributed by atoms with Gasteiger partial charge in [0.15, 0.2) is 0 Å². The molecule has 1 aliphatic carbocycles. The number of nitrogens with one attached hydrogen (secondary N) is 1. The molecule has 0 unspecified atom stereocenters. The van der Waals surface area contributed by atoms with Crippen LogP contribution in [0.3, 0.4) is 0 Å². The minimum atomic E-state index is -2.95. The van der Waals surface area contributed by atoms with Crippen molar-refractivity contribution in [3.05, 3.63) is 29.8 Å². The van der Waals surface area contributed by atoms with Crippen LogP contribution in [-0.4, -0.2) is 17.0 Å². The second kappa shape index (κ2) is 7.06. The van der Waals surface area contributed by atoms with E-state index in [1.807, 2.05) is 0 Å². The highest BCUT2D eigenvalue weighted by molar-refractivity contribution is 5.91. The fourth-order valence-corrected chi connectivity index (χ4v) is 2.96. The van der Waals surface area contributed by atoms with E-state index in [0.717, 1.165) is 6.92 Å². The van der Waals surface area contributed by atoms with Gasteiger partial charge in [0.25, 0.3) is 5.92 Å². The van der Waals surface area contributed by atoms with Crippen LogP contribution >= 0.6 is 0 Å². The number of amides is 1. The van der Waals surface area contributed by atoms with Gasteiger partial charge in [-0.3, -0.25) is 9.59 Å². The van der Waals surface area contributed by atoms with Crippen LogP contribution in [0.15, 0.2) is 24.3 Å². The fourth-order valence-electron chi connectivity index (χ4n) is 2.96. The molecular weight excluding hydrogens is 304 g/mol. The summed E-state index contributed by atoms with van der Waals surface area (Å²) in [5, 5.41) is 11.6. The number of carboxylic acid groups (broad SMARTS) is 1. The summed E-state index contributed by atoms with van der Waals surface area (Å²) in [6, 6.07) is 5.66. The molecule has 4 nitrogen and oxygen atoms in total. The summed E-state index contributed by atoms with van der Waals surface area (Å²) < 4.78 is 26.6. The molecule has 6 heteroatoms. The topological polar surface area (TPSA) is 66.4 Å². The van der Waals surface area contributed by atoms with E-state index in [2.05, 4.69) is 5.32 Å². The molecule has 2 N–H and O–H groups in total. The third-order valence-corrected chi connectivity index (χ3v) is 4.32. The van der Waals surface area contributed by atoms with Gasteiger partial charge >= 0.3 is 5.97 Å². The maximum absolute atomic E-state index is 13.3. The number of hydrogen-bond donors (Lipinski definition) is 2. The van der Waals surface area contributed by atoms with Gasteiger partial charge in [-0.25, -0.2) is 8.78 Å². The molecule has 0 bridgehead atoms. The second-order valence-electron chi connectivity index (χ2n) is 6.28. The Morgan fingerprint density at radius 3 is 2.48 bits per heavy atom. The summed E-state index contributed by atoms with van der Waals surface area (Å²) in [5.74, 6) is -4.10. The van der Waals surface area contributed by atoms with E-state index < -0.39 is 11.9 Å². The smallest absolute Gasteiger partial charge is 0.306 e. The number of benzene rings is 1. The lowest BCUT2D eigenvalue weighted by Crippen LogP contribution is -2.24. The average Bonchev–Trinajstić information content (AvgIpc) is 2.47. The zero-order valence-corrected chi connectivity index (χ0v) is 13.0. The lowest BCUT2D eigenvalue weighted by molar-refractivity contribution is -0.143. The van der Waals surface area contributed by atoms with Crippen LogP contribution in [-0.2, 0) is 15.5 Å². The molecular formula is C17H21F2NO3. The fraction of sp³-hybridized carbons (Fsp3) is 0.529. The standard InChI is InChI=1S/C17H21F2NO3/c1-17(18,19)13-3-2-4-14(10-13)20-15(21)9-11-5-7-12(8-6-11)16(22)23/h2-4,10-12H,5-9H2,1H3,(H,20,21)(H,22,23). The van der Waals surface area contributed by atoms with E-state index in [0.29, 0.717) is 37.8 Å². The highest BCUT2D eigenvalue weighted by Crippen LogP contribution is 2.32. The van der Waals surface area contributed by atoms with Crippen molar-refractivity contribution in [3.8, 4) is 0 Å². The van der Waals surface area contributed by atoms with Crippen molar-refractivity contribution in [2.24, 2.45) is 11.8 Å². The second-order valence-corrected chi connectivity index (χ2v) is 6.28. The van der Waals surface area contributed by atoms with E-state index in [1.165, 1.54) is 18.2 Å². The molecule has 0 radical (unpaired) electrons. The molecule has 0 aliphatic heterocycles. The lowest BCUT2D eigenvalue weighted by Gasteiger charge is -2.25. The van der Waals surface area contributed by atoms with Crippen LogP contribution in [0.25, 0.3) is 0 Å². The van der Waals surface area contributed by atoms with Gasteiger partial charge in [0.2, 0.25) is 5.91 Å². The largest absolute Gasteiger partial charge is 0.481 e. The lowest BCUT2D eigenvalue weighted by atomic mass is 9.80. The molecule has 0 aromatic heterocycles. The van der Waals surface area contributed by atoms with Gasteiger partial charge < -0.3 is 10.4 Å². The minimum Gasteiger partial charge on any atom is -0.481 e. The number of carboxylic acids is 1. The number of carbonyl (C=O) groups excluding carboxylic acids is 1. The Kier molecular flexibility index (Phi) is 5.34. The van der Waals surface area contributed by atoms with Crippen LogP contribution in [0, 0.1) is 11.8 Å². The first-order valence-electron chi connectivity index (χ1n) is 7.76. The molecule has 1 aliphatic rings. The van der Waals surface area contributed by atoms with Crippen LogP contribution < -0.4 is 5.32 Å². The normalized spacial score (nSPS) is 21.7. The molecule has 1 aromatic rings. The van der Waals surface area contributed by atoms with Gasteiger partial charge in [-0.05, 0) is 43.7 Å². The Labute approximate surface area is 133 Å². The van der Waals surface area contributed by atoms with Gasteiger partial charge in [0.1, 0.15) is 0 Å². The van der Waals surface area contributed by atoms with Gasteiger partial charge in [0.05, 0.1) is 5.92 Å². The Morgan fingerprint density at radius 2 is 1.91 bits per heavy atom. The van der Waals surface area contributed by atoms with Crippen LogP contribution in [0.1, 0.15) is 44.6 Å². The van der Waals surface area contributed by atoms with E-state index in [4.69, 9.17) is 5.11 Å². The molecule has 23 heavy (non-hydrogen) atoms. The van der Waals surface area contributed by atoms with Crippen molar-refractivity contribution < 1.29 is 23.5 Å². The molecule has 0 atom stereocenters. The molecule has 1 aromatic carbocycles. The SMILES string of the molecule is CC(F)(F)c1cccc(NC(=O)CC2CCC(C(=O)O)CC2)c1. The van der Waals surface area contributed by atoms with Crippen molar-refractivity contribution >= 4 is 17.6 Å². The van der Waals surface area contributed by atoms with Crippen molar-refractivity contribution in [2.75, 3.05) is 5.32 Å². The van der Waals surface area contributed by atoms with E-state index in [-0.39, 0.29) is 23.3 Å². The van der Waals surface area contributed by atoms with Gasteiger partial charge in [-0.1, -0.05) is 12.1 Å². The molecule has 0 spiro atoms. The number of carbonyl (C=O) groups is 2. The molecule has 126 valence electrons. The minimum absolute atomic E-state index is 0.141. The number of aliphatic carboxylic acids is 1. The molecule has 0 saturated heterocycles. The summed E-state index contributed by atoms with van der Waals surface area (Å²) in [4.78, 5) is 22.9. The zero-order valence-electron chi connectivity index (χ0n) is 13.0. The molecule has 0 heterocycles. The summed E-state index contributed by atoms with van der Waals surface area (Å²) in [7, 11) is 0. The van der Waals surface area contributed by atoms with Crippen LogP contribution in [0.5, 0.6) is 0 Å². The van der Waals surface area contributed by atoms with Gasteiger partial charge in [0, 0.05) is 24.6 Å². The van der Waals surface area contributed by atoms with E-state index in [9.17, 15) is 18.4 Å². The Bertz CT molecular complexity index is 575. The van der Waals surface area contributed by atoms with E-state index in [1.54, 1.807) is 6.07 Å². The number of rotatable bonds is 5. The van der Waals surface area contributed by atoms with Crippen molar-refractivity contribution in [1.29, 1.82) is 0 Å². The number of halogens is 2. The van der Waals surface area contributed by atoms with Crippen LogP contribution in [0.2, 0.25) is 0 Å². The summed E-state index contributed by atoms with van der Waals surface area (Å²) >= 11 is 0. The highest BCUT2D eigenvalue weighted by atomic mass is 19.3. The third kappa shape index (κ3) is 5.01. The third-order valence-electron chi connectivity index (χ3n) is 4.32. The monoisotopic (exact) mass is 325 g/mol. The Morgan fingerprint density at radius 1 is 1.26 bits per heavy atom. The van der Waals surface area contributed by atoms with Gasteiger partial charge in [-0.2, -0.15) is 0 Å². The number of alkyl halides is 2. The quantitative estimate of drug-likeness (QED) is 0.859. The predicted octanol–water partition coefficient (Wildman–Crippen LogP) is 4.02. The molecule has 2 rings (SSSR count). The first-order valence-corrected chi connectivity index (χ1v) is 7.76.